The lowest BCUT2D eigenvalue weighted by atomic mass is 9.31. The summed E-state index contributed by atoms with van der Waals surface area (Å²) in [6, 6.07) is 38.5. The maximum atomic E-state index is 14.5. The molecular formula is C63H80F3N5O6S3Si. The zero-order chi connectivity index (χ0) is 58.1. The number of carbonyl (C=O) groups is 1. The van der Waals surface area contributed by atoms with Gasteiger partial charge < -0.3 is 19.5 Å². The second-order valence-corrected chi connectivity index (χ2v) is 34.0. The smallest absolute Gasteiger partial charge is 0.406 e. The summed E-state index contributed by atoms with van der Waals surface area (Å²) in [7, 11) is -11.9. The number of nitrogens with zero attached hydrogens (tertiary/aromatic N) is 3. The lowest BCUT2D eigenvalue weighted by Gasteiger charge is -2.73. The third-order valence-electron chi connectivity index (χ3n) is 17.7. The number of anilines is 2. The standard InChI is InChI=1S/C63H80F3N5O6S3Si/c1-8-61-44-62(45-61,46-61)55-41-60(5,6)32-30-48(55)42-70-34-36-71(37-35-70)50-26-24-47(25-27-50)58(72)68-80(75,76)52-28-29-56(57(40-52)79(73,74)63(64,65)66)67-49(43-78-51-18-12-9-13-19-51)31-33-69(7)38-39-77-81(59(2,3)4,53-20-14-10-15-21-53)54-22-16-11-17-23-54/h9-29,40,49,67H,8,30-39,41-46H2,1-7H3,(H,68,72)/t49-,61?,62?/m1/s1. The predicted octanol–water partition coefficient (Wildman–Crippen LogP) is 11.8. The fourth-order valence-electron chi connectivity index (χ4n) is 13.1. The van der Waals surface area contributed by atoms with E-state index in [2.05, 4.69) is 85.8 Å². The molecule has 3 saturated carbocycles. The maximum Gasteiger partial charge on any atom is 0.501 e. The summed E-state index contributed by atoms with van der Waals surface area (Å²) in [5.74, 6) is -0.688. The van der Waals surface area contributed by atoms with Gasteiger partial charge in [-0.05, 0) is 145 Å². The van der Waals surface area contributed by atoms with E-state index in [0.29, 0.717) is 54.2 Å². The Bertz CT molecular complexity index is 3200. The van der Waals surface area contributed by atoms with Gasteiger partial charge in [-0.15, -0.1) is 11.8 Å². The average molecular weight is 1180 g/mol. The number of nitrogens with one attached hydrogen (secondary N) is 2. The van der Waals surface area contributed by atoms with Crippen LogP contribution in [-0.4, -0.2) is 118 Å². The Hall–Kier alpha value is -4.95. The van der Waals surface area contributed by atoms with Crippen molar-refractivity contribution in [2.45, 2.75) is 124 Å². The molecule has 2 bridgehead atoms. The second kappa shape index (κ2) is 24.0. The topological polar surface area (TPSA) is 128 Å². The van der Waals surface area contributed by atoms with Crippen LogP contribution in [0.2, 0.25) is 5.04 Å². The minimum Gasteiger partial charge on any atom is -0.406 e. The van der Waals surface area contributed by atoms with E-state index in [1.165, 1.54) is 62.4 Å². The number of carbonyl (C=O) groups excluding carboxylic acids is 1. The zero-order valence-corrected chi connectivity index (χ0v) is 51.4. The summed E-state index contributed by atoms with van der Waals surface area (Å²) in [4.78, 5) is 19.3. The van der Waals surface area contributed by atoms with Gasteiger partial charge in [0.05, 0.1) is 10.6 Å². The van der Waals surface area contributed by atoms with Crippen LogP contribution in [0.3, 0.4) is 0 Å². The van der Waals surface area contributed by atoms with Gasteiger partial charge >= 0.3 is 5.51 Å². The summed E-state index contributed by atoms with van der Waals surface area (Å²) in [5.41, 5.74) is -0.511. The van der Waals surface area contributed by atoms with Crippen molar-refractivity contribution in [3.63, 3.8) is 0 Å². The van der Waals surface area contributed by atoms with Gasteiger partial charge in [0.25, 0.3) is 34.1 Å². The highest BCUT2D eigenvalue weighted by atomic mass is 32.2. The Morgan fingerprint density at radius 1 is 0.802 bits per heavy atom. The fraction of sp³-hybridized carbons (Fsp3) is 0.476. The van der Waals surface area contributed by atoms with E-state index in [0.717, 1.165) is 72.2 Å². The molecule has 5 aromatic rings. The number of thioether (sulfide) groups is 1. The van der Waals surface area contributed by atoms with Crippen molar-refractivity contribution >= 4 is 67.6 Å². The number of piperazine rings is 1. The zero-order valence-electron chi connectivity index (χ0n) is 47.9. The van der Waals surface area contributed by atoms with Crippen LogP contribution in [0.5, 0.6) is 0 Å². The molecule has 1 saturated heterocycles. The van der Waals surface area contributed by atoms with Gasteiger partial charge in [0.15, 0.2) is 0 Å². The molecule has 1 aliphatic heterocycles. The summed E-state index contributed by atoms with van der Waals surface area (Å²) in [6.07, 6.45) is 9.30. The van der Waals surface area contributed by atoms with Crippen molar-refractivity contribution in [3.8, 4) is 0 Å². The number of alkyl halides is 3. The number of amides is 1. The Labute approximate surface area is 484 Å². The number of halogens is 3. The van der Waals surface area contributed by atoms with E-state index in [9.17, 15) is 34.8 Å². The first-order valence-electron chi connectivity index (χ1n) is 28.5. The van der Waals surface area contributed by atoms with E-state index >= 15 is 0 Å². The first-order valence-corrected chi connectivity index (χ1v) is 34.3. The summed E-state index contributed by atoms with van der Waals surface area (Å²) >= 11 is 1.45. The van der Waals surface area contributed by atoms with Crippen molar-refractivity contribution < 1.29 is 39.2 Å². The number of sulfone groups is 1. The quantitative estimate of drug-likeness (QED) is 0.0369. The maximum absolute atomic E-state index is 14.5. The number of sulfonamides is 1. The lowest BCUT2D eigenvalue weighted by molar-refractivity contribution is -0.182. The van der Waals surface area contributed by atoms with Crippen LogP contribution in [0.25, 0.3) is 0 Å². The Morgan fingerprint density at radius 2 is 1.40 bits per heavy atom. The van der Waals surface area contributed by atoms with Gasteiger partial charge in [-0.25, -0.2) is 21.6 Å². The van der Waals surface area contributed by atoms with Crippen LogP contribution >= 0.6 is 11.8 Å². The molecule has 0 aromatic heterocycles. The SMILES string of the molecule is CCC12CC(C3=C(CN4CCN(c5ccc(C(=O)NS(=O)(=O)c6ccc(N[C@H](CCN(C)CCO[Si](c7ccccc7)(c7ccccc7)C(C)(C)C)CSc7ccccc7)c(S(=O)(=O)C(F)(F)F)c6)cc5)CC4)CCC(C)(C)C3)(C1)C2. The molecule has 11 nitrogen and oxygen atoms in total. The summed E-state index contributed by atoms with van der Waals surface area (Å²) < 4.78 is 107. The highest BCUT2D eigenvalue weighted by molar-refractivity contribution is 7.99. The summed E-state index contributed by atoms with van der Waals surface area (Å²) in [5, 5.41) is 5.13. The van der Waals surface area contributed by atoms with E-state index in [1.54, 1.807) is 23.3 Å². The van der Waals surface area contributed by atoms with Crippen LogP contribution in [0, 0.1) is 16.2 Å². The van der Waals surface area contributed by atoms with Crippen LogP contribution in [-0.2, 0) is 24.3 Å². The monoisotopic (exact) mass is 1180 g/mol. The highest BCUT2D eigenvalue weighted by Gasteiger charge is 2.68. The molecule has 1 amide bonds. The van der Waals surface area contributed by atoms with E-state index in [1.807, 2.05) is 78.5 Å². The van der Waals surface area contributed by atoms with E-state index < -0.39 is 61.1 Å². The Balaban J connectivity index is 0.857. The molecule has 0 radical (unpaired) electrons. The Kier molecular flexibility index (Phi) is 17.9. The molecule has 10 rings (SSSR count). The number of hydrogen-bond donors (Lipinski definition) is 2. The van der Waals surface area contributed by atoms with Gasteiger partial charge in [0.2, 0.25) is 0 Å². The molecule has 5 aliphatic rings. The molecule has 4 fully saturated rings. The van der Waals surface area contributed by atoms with E-state index in [4.69, 9.17) is 4.43 Å². The number of benzene rings is 5. The van der Waals surface area contributed by atoms with Crippen molar-refractivity contribution in [3.05, 3.63) is 150 Å². The number of likely N-dealkylation sites (N-methyl/N-ethyl adjacent to an activating group) is 1. The molecule has 4 aliphatic carbocycles. The molecule has 18 heteroatoms. The third-order valence-corrected chi connectivity index (χ3v) is 26.8. The van der Waals surface area contributed by atoms with Gasteiger partial charge in [-0.2, -0.15) is 13.2 Å². The third kappa shape index (κ3) is 13.2. The molecule has 436 valence electrons. The number of rotatable bonds is 23. The normalized spacial score (nSPS) is 21.0. The van der Waals surface area contributed by atoms with E-state index in [-0.39, 0.29) is 10.6 Å². The molecule has 1 atom stereocenters. The number of allylic oxidation sites excluding steroid dienone is 1. The van der Waals surface area contributed by atoms with Gasteiger partial charge in [0, 0.05) is 73.8 Å². The van der Waals surface area contributed by atoms with Crippen molar-refractivity contribution in [1.29, 1.82) is 0 Å². The van der Waals surface area contributed by atoms with Crippen LogP contribution < -0.4 is 25.3 Å². The minimum absolute atomic E-state index is 0.0128. The van der Waals surface area contributed by atoms with Crippen LogP contribution in [0.4, 0.5) is 24.5 Å². The second-order valence-electron chi connectivity index (χ2n) is 25.0. The molecule has 0 spiro atoms. The molecular weight excluding hydrogens is 1100 g/mol. The van der Waals surface area contributed by atoms with Crippen LogP contribution in [0.1, 0.15) is 103 Å². The van der Waals surface area contributed by atoms with Crippen molar-refractivity contribution in [1.82, 2.24) is 14.5 Å². The molecule has 2 N–H and O–H groups in total. The predicted molar refractivity (Wildman–Crippen MR) is 323 cm³/mol. The molecule has 0 unspecified atom stereocenters. The first kappa shape index (κ1) is 60.6. The van der Waals surface area contributed by atoms with Crippen molar-refractivity contribution in [2.24, 2.45) is 16.2 Å². The largest absolute Gasteiger partial charge is 0.501 e. The van der Waals surface area contributed by atoms with Gasteiger partial charge in [-0.1, -0.05) is 138 Å². The highest BCUT2D eigenvalue weighted by Crippen LogP contribution is 2.79. The molecule has 1 heterocycles. The van der Waals surface area contributed by atoms with Crippen LogP contribution in [0.15, 0.2) is 159 Å². The minimum atomic E-state index is -6.12. The first-order chi connectivity index (χ1) is 38.3. The Morgan fingerprint density at radius 3 is 1.96 bits per heavy atom. The van der Waals surface area contributed by atoms with Gasteiger partial charge in [0.1, 0.15) is 4.90 Å². The summed E-state index contributed by atoms with van der Waals surface area (Å²) in [6.45, 7) is 19.5. The van der Waals surface area contributed by atoms with Crippen molar-refractivity contribution in [2.75, 3.05) is 75.4 Å². The molecule has 5 aromatic carbocycles. The van der Waals surface area contributed by atoms with Gasteiger partial charge in [-0.3, -0.25) is 9.69 Å². The average Bonchev–Trinajstić information content (AvgIpc) is 3.28. The lowest BCUT2D eigenvalue weighted by Crippen LogP contribution is -2.67. The molecule has 81 heavy (non-hydrogen) atoms. The number of hydrogen-bond acceptors (Lipinski definition) is 11. The fourth-order valence-corrected chi connectivity index (χ4v) is 20.7.